The van der Waals surface area contributed by atoms with Crippen LogP contribution in [0.4, 0.5) is 0 Å². The number of aryl methyl sites for hydroxylation is 1. The van der Waals surface area contributed by atoms with Gasteiger partial charge < -0.3 is 5.32 Å². The van der Waals surface area contributed by atoms with E-state index in [2.05, 4.69) is 37.7 Å². The molecule has 0 aliphatic heterocycles. The first-order valence-corrected chi connectivity index (χ1v) is 8.96. The maximum atomic E-state index is 4.95. The predicted molar refractivity (Wildman–Crippen MR) is 89.5 cm³/mol. The van der Waals surface area contributed by atoms with Crippen LogP contribution in [0.25, 0.3) is 0 Å². The van der Waals surface area contributed by atoms with E-state index in [-0.39, 0.29) is 0 Å². The summed E-state index contributed by atoms with van der Waals surface area (Å²) in [5, 5.41) is 8.52. The van der Waals surface area contributed by atoms with E-state index in [0.717, 1.165) is 31.8 Å². The van der Waals surface area contributed by atoms with Crippen molar-refractivity contribution in [3.63, 3.8) is 0 Å². The molecular formula is C18H33N3. The van der Waals surface area contributed by atoms with Crippen LogP contribution in [0.2, 0.25) is 0 Å². The van der Waals surface area contributed by atoms with E-state index in [1.807, 2.05) is 0 Å². The molecule has 1 aliphatic rings. The molecule has 1 aromatic heterocycles. The highest BCUT2D eigenvalue weighted by Crippen LogP contribution is 2.26. The summed E-state index contributed by atoms with van der Waals surface area (Å²) in [5.41, 5.74) is 4.23. The number of nitrogens with one attached hydrogen (secondary N) is 1. The van der Waals surface area contributed by atoms with Crippen LogP contribution in [0.3, 0.4) is 0 Å². The second-order valence-electron chi connectivity index (χ2n) is 6.80. The zero-order chi connectivity index (χ0) is 15.2. The monoisotopic (exact) mass is 291 g/mol. The first-order chi connectivity index (χ1) is 10.2. The summed E-state index contributed by atoms with van der Waals surface area (Å²) in [5.74, 6) is 0.847. The standard InChI is InChI=1S/C18H33N3/c1-5-17-16(12-19-14(3)4)18(6-2)21(20-17)13-15-10-8-7-9-11-15/h14-15,19H,5-13H2,1-4H3. The number of rotatable bonds is 7. The lowest BCUT2D eigenvalue weighted by atomic mass is 9.89. The summed E-state index contributed by atoms with van der Waals surface area (Å²) >= 11 is 0. The largest absolute Gasteiger partial charge is 0.310 e. The minimum absolute atomic E-state index is 0.529. The molecule has 0 atom stereocenters. The molecule has 0 saturated heterocycles. The van der Waals surface area contributed by atoms with Crippen LogP contribution >= 0.6 is 0 Å². The fourth-order valence-electron chi connectivity index (χ4n) is 3.54. The van der Waals surface area contributed by atoms with E-state index in [1.54, 1.807) is 0 Å². The molecule has 0 radical (unpaired) electrons. The average Bonchev–Trinajstić information content (AvgIpc) is 2.82. The topological polar surface area (TPSA) is 29.9 Å². The number of hydrogen-bond acceptors (Lipinski definition) is 2. The van der Waals surface area contributed by atoms with Crippen molar-refractivity contribution in [3.8, 4) is 0 Å². The predicted octanol–water partition coefficient (Wildman–Crippen LogP) is 4.09. The lowest BCUT2D eigenvalue weighted by molar-refractivity contribution is 0.304. The molecule has 0 aromatic carbocycles. The maximum Gasteiger partial charge on any atom is 0.0669 e. The molecule has 0 unspecified atom stereocenters. The molecular weight excluding hydrogens is 258 g/mol. The van der Waals surface area contributed by atoms with Gasteiger partial charge in [-0.05, 0) is 31.6 Å². The Morgan fingerprint density at radius 2 is 1.86 bits per heavy atom. The highest BCUT2D eigenvalue weighted by molar-refractivity contribution is 5.27. The smallest absolute Gasteiger partial charge is 0.0669 e. The molecule has 0 spiro atoms. The van der Waals surface area contributed by atoms with Crippen LogP contribution in [-0.2, 0) is 25.9 Å². The molecule has 1 heterocycles. The first-order valence-electron chi connectivity index (χ1n) is 8.96. The van der Waals surface area contributed by atoms with Crippen molar-refractivity contribution in [1.82, 2.24) is 15.1 Å². The Morgan fingerprint density at radius 1 is 1.14 bits per heavy atom. The highest BCUT2D eigenvalue weighted by Gasteiger charge is 2.19. The number of nitrogens with zero attached hydrogens (tertiary/aromatic N) is 2. The van der Waals surface area contributed by atoms with Gasteiger partial charge in [0.1, 0.15) is 0 Å². The van der Waals surface area contributed by atoms with Crippen LogP contribution in [0.5, 0.6) is 0 Å². The Labute approximate surface area is 130 Å². The minimum atomic E-state index is 0.529. The second-order valence-corrected chi connectivity index (χ2v) is 6.80. The van der Waals surface area contributed by atoms with Crippen LogP contribution in [-0.4, -0.2) is 15.8 Å². The molecule has 2 rings (SSSR count). The molecule has 1 fully saturated rings. The van der Waals surface area contributed by atoms with Crippen molar-refractivity contribution < 1.29 is 0 Å². The van der Waals surface area contributed by atoms with Crippen molar-refractivity contribution in [2.24, 2.45) is 5.92 Å². The summed E-state index contributed by atoms with van der Waals surface area (Å²) in [6.07, 6.45) is 9.17. The van der Waals surface area contributed by atoms with Crippen LogP contribution in [0.15, 0.2) is 0 Å². The van der Waals surface area contributed by atoms with Gasteiger partial charge in [-0.25, -0.2) is 0 Å². The third-order valence-electron chi connectivity index (χ3n) is 4.76. The molecule has 3 nitrogen and oxygen atoms in total. The van der Waals surface area contributed by atoms with Gasteiger partial charge >= 0.3 is 0 Å². The van der Waals surface area contributed by atoms with E-state index in [1.165, 1.54) is 49.1 Å². The third kappa shape index (κ3) is 4.32. The van der Waals surface area contributed by atoms with Crippen LogP contribution < -0.4 is 5.32 Å². The molecule has 1 aliphatic carbocycles. The van der Waals surface area contributed by atoms with Crippen molar-refractivity contribution >= 4 is 0 Å². The molecule has 0 bridgehead atoms. The molecule has 1 saturated carbocycles. The minimum Gasteiger partial charge on any atom is -0.310 e. The third-order valence-corrected chi connectivity index (χ3v) is 4.76. The van der Waals surface area contributed by atoms with E-state index in [0.29, 0.717) is 6.04 Å². The molecule has 21 heavy (non-hydrogen) atoms. The highest BCUT2D eigenvalue weighted by atomic mass is 15.3. The number of aromatic nitrogens is 2. The Balaban J connectivity index is 2.15. The first kappa shape index (κ1) is 16.5. The van der Waals surface area contributed by atoms with E-state index in [4.69, 9.17) is 5.10 Å². The fourth-order valence-corrected chi connectivity index (χ4v) is 3.54. The lowest BCUT2D eigenvalue weighted by Gasteiger charge is -2.22. The average molecular weight is 291 g/mol. The lowest BCUT2D eigenvalue weighted by Crippen LogP contribution is -2.23. The summed E-state index contributed by atoms with van der Waals surface area (Å²) in [7, 11) is 0. The van der Waals surface area contributed by atoms with Crippen molar-refractivity contribution in [3.05, 3.63) is 17.0 Å². The normalized spacial score (nSPS) is 16.8. The van der Waals surface area contributed by atoms with Gasteiger partial charge in [0.15, 0.2) is 0 Å². The fraction of sp³-hybridized carbons (Fsp3) is 0.833. The Kier molecular flexibility index (Phi) is 6.28. The molecule has 1 aromatic rings. The summed E-state index contributed by atoms with van der Waals surface area (Å²) in [6.45, 7) is 11.0. The van der Waals surface area contributed by atoms with Gasteiger partial charge in [-0.1, -0.05) is 47.0 Å². The van der Waals surface area contributed by atoms with Crippen molar-refractivity contribution in [1.29, 1.82) is 0 Å². The molecule has 120 valence electrons. The van der Waals surface area contributed by atoms with Gasteiger partial charge in [0.2, 0.25) is 0 Å². The van der Waals surface area contributed by atoms with E-state index >= 15 is 0 Å². The summed E-state index contributed by atoms with van der Waals surface area (Å²) in [4.78, 5) is 0. The molecule has 3 heteroatoms. The zero-order valence-electron chi connectivity index (χ0n) is 14.4. The quantitative estimate of drug-likeness (QED) is 0.820. The van der Waals surface area contributed by atoms with E-state index < -0.39 is 0 Å². The molecule has 0 amide bonds. The summed E-state index contributed by atoms with van der Waals surface area (Å²) < 4.78 is 2.34. The number of hydrogen-bond donors (Lipinski definition) is 1. The van der Waals surface area contributed by atoms with E-state index in [9.17, 15) is 0 Å². The summed E-state index contributed by atoms with van der Waals surface area (Å²) in [6, 6.07) is 0.529. The van der Waals surface area contributed by atoms with Crippen LogP contribution in [0, 0.1) is 5.92 Å². The molecule has 1 N–H and O–H groups in total. The second kappa shape index (κ2) is 7.98. The Hall–Kier alpha value is -0.830. The van der Waals surface area contributed by atoms with Gasteiger partial charge in [-0.3, -0.25) is 4.68 Å². The Morgan fingerprint density at radius 3 is 2.43 bits per heavy atom. The van der Waals surface area contributed by atoms with Gasteiger partial charge in [0.05, 0.1) is 5.69 Å². The van der Waals surface area contributed by atoms with Gasteiger partial charge in [0.25, 0.3) is 0 Å². The van der Waals surface area contributed by atoms with Gasteiger partial charge in [-0.2, -0.15) is 5.10 Å². The van der Waals surface area contributed by atoms with Crippen LogP contribution in [0.1, 0.15) is 76.8 Å². The van der Waals surface area contributed by atoms with Crippen molar-refractivity contribution in [2.45, 2.75) is 91.8 Å². The Bertz CT molecular complexity index is 428. The van der Waals surface area contributed by atoms with Gasteiger partial charge in [0, 0.05) is 30.4 Å². The SMILES string of the molecule is CCc1nn(CC2CCCCC2)c(CC)c1CNC(C)C. The van der Waals surface area contributed by atoms with Crippen molar-refractivity contribution in [2.75, 3.05) is 0 Å². The van der Waals surface area contributed by atoms with Gasteiger partial charge in [-0.15, -0.1) is 0 Å². The maximum absolute atomic E-state index is 4.95. The zero-order valence-corrected chi connectivity index (χ0v) is 14.4.